The Kier molecular flexibility index (Phi) is 10.4. The van der Waals surface area contributed by atoms with Gasteiger partial charge in [0.15, 0.2) is 0 Å². The van der Waals surface area contributed by atoms with Gasteiger partial charge in [-0.1, -0.05) is 58.9 Å². The number of carbonyl (C=O) groups is 1. The van der Waals surface area contributed by atoms with Crippen LogP contribution in [0.4, 0.5) is 4.39 Å². The molecule has 1 saturated heterocycles. The van der Waals surface area contributed by atoms with Gasteiger partial charge in [-0.2, -0.15) is 0 Å². The molecule has 7 aliphatic rings. The van der Waals surface area contributed by atoms with E-state index in [4.69, 9.17) is 0 Å². The van der Waals surface area contributed by atoms with Crippen molar-refractivity contribution in [2.45, 2.75) is 125 Å². The zero-order valence-corrected chi connectivity index (χ0v) is 35.1. The van der Waals surface area contributed by atoms with Crippen LogP contribution in [-0.4, -0.2) is 77.0 Å². The predicted molar refractivity (Wildman–Crippen MR) is 219 cm³/mol. The van der Waals surface area contributed by atoms with Gasteiger partial charge in [-0.3, -0.25) is 9.00 Å². The van der Waals surface area contributed by atoms with Crippen LogP contribution in [0.25, 0.3) is 0 Å². The summed E-state index contributed by atoms with van der Waals surface area (Å²) < 4.78 is 26.3. The molecule has 5 fully saturated rings. The molecule has 6 aliphatic carbocycles. The van der Waals surface area contributed by atoms with Crippen LogP contribution in [0.2, 0.25) is 0 Å². The van der Waals surface area contributed by atoms with Crippen molar-refractivity contribution >= 4 is 21.4 Å². The third-order valence-corrected chi connectivity index (χ3v) is 20.2. The molecule has 0 aromatic rings. The maximum absolute atomic E-state index is 14.0. The van der Waals surface area contributed by atoms with E-state index in [1.165, 1.54) is 68.1 Å². The van der Waals surface area contributed by atoms with Crippen molar-refractivity contribution in [3.05, 3.63) is 35.5 Å². The molecule has 10 atom stereocenters. The number of hydrogen-bond acceptors (Lipinski definition) is 4. The quantitative estimate of drug-likeness (QED) is 0.132. The molecular weight excluding hydrogens is 680 g/mol. The van der Waals surface area contributed by atoms with Crippen LogP contribution in [0.3, 0.4) is 0 Å². The molecule has 4 saturated carbocycles. The first-order valence-corrected chi connectivity index (χ1v) is 23.6. The van der Waals surface area contributed by atoms with Gasteiger partial charge in [0.05, 0.1) is 5.41 Å². The Balaban J connectivity index is 1.08. The van der Waals surface area contributed by atoms with E-state index in [-0.39, 0.29) is 10.8 Å². The second-order valence-electron chi connectivity index (χ2n) is 21.0. The van der Waals surface area contributed by atoms with E-state index in [1.54, 1.807) is 0 Å². The van der Waals surface area contributed by atoms with Crippen LogP contribution in [-0.2, 0) is 14.3 Å². The number of halogens is 1. The highest BCUT2D eigenvalue weighted by atomic mass is 32.2. The van der Waals surface area contributed by atoms with Crippen molar-refractivity contribution in [1.82, 2.24) is 10.2 Å². The smallest absolute Gasteiger partial charge is 0.312 e. The molecule has 0 radical (unpaired) electrons. The molecule has 0 amide bonds. The predicted octanol–water partition coefficient (Wildman–Crippen LogP) is 9.34. The Hall–Kier alpha value is -1.44. The molecule has 0 unspecified atom stereocenters. The van der Waals surface area contributed by atoms with Gasteiger partial charge in [-0.25, -0.2) is 4.39 Å². The van der Waals surface area contributed by atoms with Crippen LogP contribution >= 0.6 is 0 Å². The summed E-state index contributed by atoms with van der Waals surface area (Å²) in [5, 5.41) is 13.8. The average molecular weight is 753 g/mol. The minimum atomic E-state index is -1.84. The molecule has 2 N–H and O–H groups in total. The van der Waals surface area contributed by atoms with Gasteiger partial charge < -0.3 is 15.3 Å². The highest BCUT2D eigenvalue weighted by molar-refractivity contribution is 8.00. The Bertz CT molecular complexity index is 1620. The number of nitrogens with one attached hydrogen (secondary N) is 1. The van der Waals surface area contributed by atoms with Gasteiger partial charge in [0.1, 0.15) is 6.67 Å². The minimum absolute atomic E-state index is 0.00359. The van der Waals surface area contributed by atoms with Gasteiger partial charge in [0.2, 0.25) is 0 Å². The maximum Gasteiger partial charge on any atom is 0.312 e. The Labute approximate surface area is 322 Å². The SMILES string of the molecule is C=C(C)[C@@H]1CC[C@]2(CNCCCN3CCS(=C)(=O)CC3)CC[C@]3(C)[C@H](CC[C@@H]4[C@@]5(C)CC=C(C6=CC[C@@](CF)(C(=O)O)CC6)C(C)(C)[C@@H]5CC[C@]43C)[C@@H]12. The Morgan fingerprint density at radius 1 is 0.962 bits per heavy atom. The number of fused-ring (bicyclic) bond motifs is 7. The van der Waals surface area contributed by atoms with Gasteiger partial charge in [-0.15, -0.1) is 0 Å². The van der Waals surface area contributed by atoms with Crippen molar-refractivity contribution in [3.63, 3.8) is 0 Å². The van der Waals surface area contributed by atoms with E-state index in [0.717, 1.165) is 63.0 Å². The van der Waals surface area contributed by atoms with Crippen molar-refractivity contribution in [2.24, 2.45) is 62.1 Å². The van der Waals surface area contributed by atoms with E-state index >= 15 is 0 Å². The number of carboxylic acid groups (broad SMARTS) is 1. The van der Waals surface area contributed by atoms with Gasteiger partial charge >= 0.3 is 5.97 Å². The van der Waals surface area contributed by atoms with Crippen LogP contribution in [0.15, 0.2) is 35.5 Å². The summed E-state index contributed by atoms with van der Waals surface area (Å²) in [7, 11) is -1.84. The second kappa shape index (κ2) is 13.9. The highest BCUT2D eigenvalue weighted by Crippen LogP contribution is 2.77. The summed E-state index contributed by atoms with van der Waals surface area (Å²) in [5.41, 5.74) is 4.07. The molecule has 0 spiro atoms. The standard InChI is InChI=1S/C46H73FN2O3S/c1-32(2)34-14-21-46(31-48-24-9-25-49-26-28-53(8,52)29-27-49)23-22-43(6)36(39(34)46)10-11-38-42(5)17-15-35(41(3,4)37(42)16-18-44(38,43)7)33-12-19-45(30-47,20-13-33)40(50)51/h12,15,34,36-39,48H,1,8-11,13-14,16-31H2,2-7H3,(H,50,51)/t34-,36+,37-,38+,39+,42-,43+,44+,45+,46+/m0/s1. The Morgan fingerprint density at radius 2 is 1.70 bits per heavy atom. The zero-order valence-electron chi connectivity index (χ0n) is 34.3. The number of alkyl halides is 1. The molecule has 1 aliphatic heterocycles. The van der Waals surface area contributed by atoms with Gasteiger partial charge in [0, 0.05) is 31.1 Å². The van der Waals surface area contributed by atoms with Crippen molar-refractivity contribution in [3.8, 4) is 0 Å². The van der Waals surface area contributed by atoms with Crippen LogP contribution < -0.4 is 5.32 Å². The van der Waals surface area contributed by atoms with Crippen molar-refractivity contribution in [1.29, 1.82) is 0 Å². The summed E-state index contributed by atoms with van der Waals surface area (Å²) in [6.07, 6.45) is 18.7. The van der Waals surface area contributed by atoms with Crippen molar-refractivity contribution < 1.29 is 18.5 Å². The topological polar surface area (TPSA) is 69.6 Å². The van der Waals surface area contributed by atoms with E-state index in [0.29, 0.717) is 59.2 Å². The summed E-state index contributed by atoms with van der Waals surface area (Å²) in [6.45, 7) is 24.4. The number of aliphatic carboxylic acids is 1. The molecule has 7 heteroatoms. The highest BCUT2D eigenvalue weighted by Gasteiger charge is 2.70. The fraction of sp³-hybridized carbons (Fsp3) is 0.826. The maximum atomic E-state index is 14.0. The lowest BCUT2D eigenvalue weighted by Crippen LogP contribution is -2.66. The fourth-order valence-corrected chi connectivity index (χ4v) is 16.4. The number of rotatable bonds is 10. The molecule has 53 heavy (non-hydrogen) atoms. The summed E-state index contributed by atoms with van der Waals surface area (Å²) >= 11 is 0. The van der Waals surface area contributed by atoms with Gasteiger partial charge in [-0.05, 0) is 187 Å². The largest absolute Gasteiger partial charge is 0.481 e. The van der Waals surface area contributed by atoms with Crippen molar-refractivity contribution in [2.75, 3.05) is 50.9 Å². The lowest BCUT2D eigenvalue weighted by Gasteiger charge is -2.72. The third-order valence-electron chi connectivity index (χ3n) is 18.3. The molecule has 0 bridgehead atoms. The molecule has 5 nitrogen and oxygen atoms in total. The number of hydrogen-bond donors (Lipinski definition) is 2. The van der Waals surface area contributed by atoms with Gasteiger partial charge in [0.25, 0.3) is 0 Å². The summed E-state index contributed by atoms with van der Waals surface area (Å²) in [6, 6.07) is 0. The average Bonchev–Trinajstić information content (AvgIpc) is 3.49. The number of carboxylic acids is 1. The second-order valence-corrected chi connectivity index (χ2v) is 23.7. The number of allylic oxidation sites excluding steroid dienone is 5. The van der Waals surface area contributed by atoms with E-state index in [9.17, 15) is 18.5 Å². The molecule has 7 rings (SSSR count). The molecular formula is C46H73FN2O3S. The van der Waals surface area contributed by atoms with Crippen LogP contribution in [0, 0.1) is 62.1 Å². The Morgan fingerprint density at radius 3 is 2.34 bits per heavy atom. The lowest BCUT2D eigenvalue weighted by molar-refractivity contribution is -0.226. The molecule has 298 valence electrons. The normalized spacial score (nSPS) is 44.8. The van der Waals surface area contributed by atoms with E-state index in [2.05, 4.69) is 76.4 Å². The third kappa shape index (κ3) is 6.30. The fourth-order valence-electron chi connectivity index (χ4n) is 15.1. The first kappa shape index (κ1) is 39.8. The zero-order chi connectivity index (χ0) is 38.2. The molecule has 1 heterocycles. The van der Waals surface area contributed by atoms with Crippen LogP contribution in [0.5, 0.6) is 0 Å². The summed E-state index contributed by atoms with van der Waals surface area (Å²) in [5.74, 6) is 7.78. The molecule has 0 aromatic heterocycles. The van der Waals surface area contributed by atoms with Crippen LogP contribution in [0.1, 0.15) is 125 Å². The first-order valence-electron chi connectivity index (χ1n) is 21.5. The van der Waals surface area contributed by atoms with E-state index < -0.39 is 27.6 Å². The monoisotopic (exact) mass is 753 g/mol. The minimum Gasteiger partial charge on any atom is -0.481 e. The lowest BCUT2D eigenvalue weighted by atomic mass is 9.32. The summed E-state index contributed by atoms with van der Waals surface area (Å²) in [4.78, 5) is 14.5. The van der Waals surface area contributed by atoms with E-state index in [1.807, 2.05) is 0 Å². The number of nitrogens with zero attached hydrogens (tertiary/aromatic N) is 1. The molecule has 0 aromatic carbocycles. The first-order chi connectivity index (χ1) is 24.9.